The molecule has 2 rings (SSSR count). The highest BCUT2D eigenvalue weighted by Crippen LogP contribution is 2.48. The number of ether oxygens (including phenoxy) is 2. The van der Waals surface area contributed by atoms with Gasteiger partial charge in [0, 0.05) is 18.4 Å². The number of Topliss-reactive ketones (excluding diaryl/α,β-unsaturated/α-hetero) is 1. The van der Waals surface area contributed by atoms with E-state index >= 15 is 0 Å². The summed E-state index contributed by atoms with van der Waals surface area (Å²) in [5.41, 5.74) is -0.429. The van der Waals surface area contributed by atoms with Crippen LogP contribution in [-0.4, -0.2) is 45.0 Å². The molecule has 5 nitrogen and oxygen atoms in total. The molecule has 2 fully saturated rings. The predicted octanol–water partition coefficient (Wildman–Crippen LogP) is 4.98. The lowest BCUT2D eigenvalue weighted by atomic mass is 9.88. The Kier molecular flexibility index (Phi) is 7.13. The summed E-state index contributed by atoms with van der Waals surface area (Å²) in [4.78, 5) is 25.8. The Bertz CT molecular complexity index is 616. The summed E-state index contributed by atoms with van der Waals surface area (Å²) in [7, 11) is -0.543. The third kappa shape index (κ3) is 5.50. The van der Waals surface area contributed by atoms with Crippen LogP contribution in [0, 0.1) is 23.7 Å². The van der Waals surface area contributed by atoms with Gasteiger partial charge in [-0.2, -0.15) is 0 Å². The minimum Gasteiger partial charge on any atom is -0.469 e. The van der Waals surface area contributed by atoms with E-state index < -0.39 is 20.0 Å². The fraction of sp³-hybridized carbons (Fsp3) is 0.913. The summed E-state index contributed by atoms with van der Waals surface area (Å²) in [5, 5.41) is 0.116. The van der Waals surface area contributed by atoms with Crippen LogP contribution in [0.4, 0.5) is 0 Å². The number of carbonyl (C=O) groups excluding carboxylic acids is 2. The van der Waals surface area contributed by atoms with Gasteiger partial charge in [-0.25, -0.2) is 0 Å². The molecule has 0 unspecified atom stereocenters. The summed E-state index contributed by atoms with van der Waals surface area (Å²) in [6.07, 6.45) is 1.55. The van der Waals surface area contributed by atoms with Gasteiger partial charge in [-0.05, 0) is 63.6 Å². The molecular weight excluding hydrogens is 384 g/mol. The maximum atomic E-state index is 13.3. The van der Waals surface area contributed by atoms with Crippen LogP contribution >= 0.6 is 0 Å². The number of carbonyl (C=O) groups is 2. The normalized spacial score (nSPS) is 33.9. The Hall–Kier alpha value is -0.723. The second kappa shape index (κ2) is 8.43. The molecule has 0 aromatic heterocycles. The third-order valence-electron chi connectivity index (χ3n) is 7.13. The van der Waals surface area contributed by atoms with Crippen LogP contribution < -0.4 is 0 Å². The van der Waals surface area contributed by atoms with Crippen molar-refractivity contribution >= 4 is 20.1 Å². The van der Waals surface area contributed by atoms with Crippen LogP contribution in [0.2, 0.25) is 18.1 Å². The number of hydrogen-bond donors (Lipinski definition) is 0. The van der Waals surface area contributed by atoms with Crippen molar-refractivity contribution in [1.29, 1.82) is 0 Å². The molecule has 2 aliphatic rings. The van der Waals surface area contributed by atoms with Crippen molar-refractivity contribution in [3.8, 4) is 0 Å². The van der Waals surface area contributed by atoms with Crippen LogP contribution in [0.15, 0.2) is 0 Å². The molecule has 0 aromatic carbocycles. The largest absolute Gasteiger partial charge is 0.469 e. The molecule has 168 valence electrons. The first-order chi connectivity index (χ1) is 13.1. The number of ketones is 1. The first-order valence-corrected chi connectivity index (χ1v) is 13.9. The summed E-state index contributed by atoms with van der Waals surface area (Å²) in [6.45, 7) is 19.3. The highest BCUT2D eigenvalue weighted by atomic mass is 28.4. The molecular formula is C23H42O5Si. The van der Waals surface area contributed by atoms with Crippen LogP contribution in [-0.2, 0) is 23.5 Å². The van der Waals surface area contributed by atoms with E-state index in [0.717, 1.165) is 6.42 Å². The van der Waals surface area contributed by atoms with E-state index in [0.29, 0.717) is 12.8 Å². The van der Waals surface area contributed by atoms with E-state index in [2.05, 4.69) is 40.8 Å². The van der Waals surface area contributed by atoms with Crippen molar-refractivity contribution in [3.05, 3.63) is 0 Å². The van der Waals surface area contributed by atoms with E-state index in [1.807, 2.05) is 20.8 Å². The summed E-state index contributed by atoms with van der Waals surface area (Å²) in [6, 6.07) is 0. The van der Waals surface area contributed by atoms with Gasteiger partial charge >= 0.3 is 5.97 Å². The maximum Gasteiger partial charge on any atom is 0.311 e. The van der Waals surface area contributed by atoms with Crippen molar-refractivity contribution in [2.75, 3.05) is 7.11 Å². The van der Waals surface area contributed by atoms with E-state index in [1.54, 1.807) is 0 Å². The molecule has 6 atom stereocenters. The van der Waals surface area contributed by atoms with Crippen molar-refractivity contribution in [2.24, 2.45) is 23.7 Å². The molecule has 0 bridgehead atoms. The van der Waals surface area contributed by atoms with Crippen molar-refractivity contribution < 1.29 is 23.5 Å². The fourth-order valence-corrected chi connectivity index (χ4v) is 6.03. The molecule has 0 spiro atoms. The Morgan fingerprint density at radius 2 is 1.66 bits per heavy atom. The second-order valence-electron chi connectivity index (χ2n) is 11.6. The first-order valence-electron chi connectivity index (χ1n) is 11.0. The number of methoxy groups -OCH3 is 1. The minimum absolute atomic E-state index is 0.0431. The molecule has 0 heterocycles. The van der Waals surface area contributed by atoms with Gasteiger partial charge in [-0.3, -0.25) is 9.59 Å². The molecule has 2 saturated carbocycles. The van der Waals surface area contributed by atoms with Crippen LogP contribution in [0.3, 0.4) is 0 Å². The summed E-state index contributed by atoms with van der Waals surface area (Å²) in [5.74, 6) is -0.429. The van der Waals surface area contributed by atoms with Crippen LogP contribution in [0.25, 0.3) is 0 Å². The van der Waals surface area contributed by atoms with Crippen molar-refractivity contribution in [1.82, 2.24) is 0 Å². The summed E-state index contributed by atoms with van der Waals surface area (Å²) < 4.78 is 18.2. The quantitative estimate of drug-likeness (QED) is 0.468. The van der Waals surface area contributed by atoms with Gasteiger partial charge in [0.05, 0.1) is 24.7 Å². The Morgan fingerprint density at radius 1 is 1.07 bits per heavy atom. The molecule has 6 heteroatoms. The highest BCUT2D eigenvalue weighted by molar-refractivity contribution is 6.74. The predicted molar refractivity (Wildman–Crippen MR) is 117 cm³/mol. The monoisotopic (exact) mass is 426 g/mol. The number of esters is 1. The highest BCUT2D eigenvalue weighted by Gasteiger charge is 2.54. The van der Waals surface area contributed by atoms with E-state index in [-0.39, 0.29) is 46.6 Å². The van der Waals surface area contributed by atoms with Gasteiger partial charge in [-0.1, -0.05) is 27.7 Å². The molecule has 29 heavy (non-hydrogen) atoms. The lowest BCUT2D eigenvalue weighted by Crippen LogP contribution is -2.45. The van der Waals surface area contributed by atoms with E-state index in [9.17, 15) is 9.59 Å². The van der Waals surface area contributed by atoms with Crippen molar-refractivity contribution in [2.45, 2.75) is 104 Å². The zero-order chi connectivity index (χ0) is 22.4. The van der Waals surface area contributed by atoms with Gasteiger partial charge in [0.25, 0.3) is 0 Å². The van der Waals surface area contributed by atoms with Gasteiger partial charge in [0.2, 0.25) is 0 Å². The Balaban J connectivity index is 2.33. The van der Waals surface area contributed by atoms with Gasteiger partial charge < -0.3 is 13.9 Å². The standard InChI is InChI=1S/C23H42O5Si/c1-14-11-17(24)19-15(13-18(14)28-29(9,10)23(5,6)7)12-16(21(25)26-8)20(19)27-22(2,3)4/h14-16,18-20H,11-13H2,1-10H3/t14-,15-,16-,18-,19-,20+/m0/s1. The van der Waals surface area contributed by atoms with Gasteiger partial charge in [0.15, 0.2) is 8.32 Å². The van der Waals surface area contributed by atoms with E-state index in [1.165, 1.54) is 7.11 Å². The average Bonchev–Trinajstić information content (AvgIpc) is 2.82. The molecule has 0 amide bonds. The maximum absolute atomic E-state index is 13.3. The molecule has 0 aromatic rings. The van der Waals surface area contributed by atoms with Crippen molar-refractivity contribution in [3.63, 3.8) is 0 Å². The van der Waals surface area contributed by atoms with E-state index in [4.69, 9.17) is 13.9 Å². The molecule has 0 aliphatic heterocycles. The topological polar surface area (TPSA) is 61.8 Å². The number of fused-ring (bicyclic) bond motifs is 1. The fourth-order valence-electron chi connectivity index (χ4n) is 4.59. The molecule has 0 N–H and O–H groups in total. The zero-order valence-electron chi connectivity index (χ0n) is 20.1. The van der Waals surface area contributed by atoms with Crippen LogP contribution in [0.5, 0.6) is 0 Å². The lowest BCUT2D eigenvalue weighted by Gasteiger charge is -2.41. The third-order valence-corrected chi connectivity index (χ3v) is 11.6. The Labute approximate surface area is 178 Å². The zero-order valence-corrected chi connectivity index (χ0v) is 21.1. The minimum atomic E-state index is -1.96. The Morgan fingerprint density at radius 3 is 2.14 bits per heavy atom. The van der Waals surface area contributed by atoms with Gasteiger partial charge in [-0.15, -0.1) is 0 Å². The molecule has 0 saturated heterocycles. The van der Waals surface area contributed by atoms with Crippen LogP contribution in [0.1, 0.15) is 67.7 Å². The number of rotatable bonds is 4. The summed E-state index contributed by atoms with van der Waals surface area (Å²) >= 11 is 0. The van der Waals surface area contributed by atoms with Gasteiger partial charge in [0.1, 0.15) is 5.78 Å². The average molecular weight is 427 g/mol. The molecule has 0 radical (unpaired) electrons. The second-order valence-corrected chi connectivity index (χ2v) is 16.4. The lowest BCUT2D eigenvalue weighted by molar-refractivity contribution is -0.158. The number of hydrogen-bond acceptors (Lipinski definition) is 5. The first kappa shape index (κ1) is 24.5. The molecule has 2 aliphatic carbocycles. The SMILES string of the molecule is COC(=O)[C@H]1C[C@H]2C[C@H](O[Si](C)(C)C(C)(C)C)[C@@H](C)CC(=O)[C@H]2[C@@H]1OC(C)(C)C. The smallest absolute Gasteiger partial charge is 0.311 e.